The number of ether oxygens (including phenoxy) is 1. The maximum Gasteiger partial charge on any atom is 0.223 e. The highest BCUT2D eigenvalue weighted by Crippen LogP contribution is 2.27. The fraction of sp³-hybridized carbons (Fsp3) is 0.304. The molecule has 0 fully saturated rings. The van der Waals surface area contributed by atoms with Crippen molar-refractivity contribution < 1.29 is 9.13 Å². The number of benzene rings is 2. The quantitative estimate of drug-likeness (QED) is 0.349. The topological polar surface area (TPSA) is 35.0 Å². The molecule has 2 aromatic carbocycles. The number of hydrogen-bond acceptors (Lipinski definition) is 4. The van der Waals surface area contributed by atoms with E-state index in [0.717, 1.165) is 17.9 Å². The van der Waals surface area contributed by atoms with Crippen LogP contribution >= 0.6 is 11.8 Å². The molecule has 0 atom stereocenters. The van der Waals surface area contributed by atoms with Gasteiger partial charge in [0.25, 0.3) is 0 Å². The van der Waals surface area contributed by atoms with Crippen LogP contribution in [0.2, 0.25) is 0 Å². The lowest BCUT2D eigenvalue weighted by Crippen LogP contribution is -2.10. The van der Waals surface area contributed by atoms with Gasteiger partial charge >= 0.3 is 0 Å². The van der Waals surface area contributed by atoms with Gasteiger partial charge in [-0.3, -0.25) is 0 Å². The summed E-state index contributed by atoms with van der Waals surface area (Å²) >= 11 is 1.57. The maximum atomic E-state index is 13.4. The fourth-order valence-electron chi connectivity index (χ4n) is 2.65. The third-order valence-corrected chi connectivity index (χ3v) is 5.22. The Hall–Kier alpha value is -2.40. The number of halogens is 1. The minimum atomic E-state index is -0.337. The van der Waals surface area contributed by atoms with E-state index in [0.29, 0.717) is 16.8 Å². The number of thioether (sulfide) groups is 1. The van der Waals surface area contributed by atoms with Crippen LogP contribution in [0, 0.1) is 5.82 Å². The first-order chi connectivity index (χ1) is 13.3. The van der Waals surface area contributed by atoms with Crippen molar-refractivity contribution in [3.63, 3.8) is 0 Å². The van der Waals surface area contributed by atoms with Crippen molar-refractivity contribution in [2.45, 2.75) is 50.4 Å². The van der Waals surface area contributed by atoms with Gasteiger partial charge in [0.15, 0.2) is 5.16 Å². The third kappa shape index (κ3) is 5.55. The molecule has 0 bridgehead atoms. The van der Waals surface area contributed by atoms with Crippen molar-refractivity contribution in [3.8, 4) is 11.6 Å². The molecule has 28 heavy (non-hydrogen) atoms. The van der Waals surface area contributed by atoms with E-state index in [4.69, 9.17) is 4.74 Å². The highest BCUT2D eigenvalue weighted by molar-refractivity contribution is 7.98. The zero-order chi connectivity index (χ0) is 20.1. The second-order valence-corrected chi connectivity index (χ2v) is 8.57. The van der Waals surface area contributed by atoms with E-state index >= 15 is 0 Å². The summed E-state index contributed by atoms with van der Waals surface area (Å²) in [7, 11) is 0. The first kappa shape index (κ1) is 20.3. The van der Waals surface area contributed by atoms with Crippen molar-refractivity contribution in [1.82, 2.24) is 9.97 Å². The molecule has 0 saturated heterocycles. The van der Waals surface area contributed by atoms with E-state index in [1.54, 1.807) is 30.0 Å². The van der Waals surface area contributed by atoms with Crippen LogP contribution < -0.4 is 4.74 Å². The minimum Gasteiger partial charge on any atom is -0.439 e. The van der Waals surface area contributed by atoms with Gasteiger partial charge in [-0.1, -0.05) is 69.8 Å². The van der Waals surface area contributed by atoms with Crippen LogP contribution in [0.4, 0.5) is 4.39 Å². The number of nitrogens with zero attached hydrogens (tertiary/aromatic N) is 2. The summed E-state index contributed by atoms with van der Waals surface area (Å²) in [4.78, 5) is 9.07. The first-order valence-corrected chi connectivity index (χ1v) is 10.4. The van der Waals surface area contributed by atoms with E-state index in [9.17, 15) is 4.39 Å². The van der Waals surface area contributed by atoms with Crippen molar-refractivity contribution in [2.24, 2.45) is 0 Å². The molecule has 0 aliphatic heterocycles. The second-order valence-electron chi connectivity index (χ2n) is 7.63. The number of hydrogen-bond donors (Lipinski definition) is 0. The van der Waals surface area contributed by atoms with Crippen LogP contribution in [-0.4, -0.2) is 9.97 Å². The standard InChI is InChI=1S/C23H25FN2OS/c1-5-19-14-21(27-20-8-6-7-18(24)13-20)26-22(25-19)28-15-16-9-11-17(12-10-16)23(2,3)4/h6-14H,5,15H2,1-4H3. The van der Waals surface area contributed by atoms with Crippen molar-refractivity contribution in [1.29, 1.82) is 0 Å². The number of aromatic nitrogens is 2. The molecule has 0 radical (unpaired) electrons. The summed E-state index contributed by atoms with van der Waals surface area (Å²) < 4.78 is 19.1. The Bertz CT molecular complexity index is 936. The Morgan fingerprint density at radius 1 is 1.00 bits per heavy atom. The monoisotopic (exact) mass is 396 g/mol. The lowest BCUT2D eigenvalue weighted by Gasteiger charge is -2.19. The van der Waals surface area contributed by atoms with Crippen LogP contribution in [-0.2, 0) is 17.6 Å². The lowest BCUT2D eigenvalue weighted by atomic mass is 9.87. The molecule has 1 aromatic heterocycles. The lowest BCUT2D eigenvalue weighted by molar-refractivity contribution is 0.449. The minimum absolute atomic E-state index is 0.146. The van der Waals surface area contributed by atoms with Crippen molar-refractivity contribution in [2.75, 3.05) is 0 Å². The van der Waals surface area contributed by atoms with Crippen LogP contribution in [0.5, 0.6) is 11.6 Å². The predicted octanol–water partition coefficient (Wildman–Crippen LogP) is 6.56. The van der Waals surface area contributed by atoms with Gasteiger partial charge in [-0.25, -0.2) is 9.37 Å². The zero-order valence-electron chi connectivity index (χ0n) is 16.7. The maximum absolute atomic E-state index is 13.4. The summed E-state index contributed by atoms with van der Waals surface area (Å²) in [5, 5.41) is 0.658. The molecular formula is C23H25FN2OS. The molecule has 0 amide bonds. The average molecular weight is 397 g/mol. The summed E-state index contributed by atoms with van der Waals surface area (Å²) in [5.74, 6) is 1.30. The van der Waals surface area contributed by atoms with E-state index in [2.05, 4.69) is 55.0 Å². The summed E-state index contributed by atoms with van der Waals surface area (Å²) in [6.07, 6.45) is 0.774. The van der Waals surface area contributed by atoms with E-state index < -0.39 is 0 Å². The summed E-state index contributed by atoms with van der Waals surface area (Å²) in [5.41, 5.74) is 3.58. The first-order valence-electron chi connectivity index (χ1n) is 9.37. The molecule has 0 saturated carbocycles. The fourth-order valence-corrected chi connectivity index (χ4v) is 3.47. The van der Waals surface area contributed by atoms with Gasteiger partial charge in [-0.2, -0.15) is 4.98 Å². The number of aryl methyl sites for hydroxylation is 1. The Kier molecular flexibility index (Phi) is 6.35. The average Bonchev–Trinajstić information content (AvgIpc) is 2.66. The zero-order valence-corrected chi connectivity index (χ0v) is 17.5. The molecule has 5 heteroatoms. The molecular weight excluding hydrogens is 371 g/mol. The molecule has 146 valence electrons. The SMILES string of the molecule is CCc1cc(Oc2cccc(F)c2)nc(SCc2ccc(C(C)(C)C)cc2)n1. The van der Waals surface area contributed by atoms with Gasteiger partial charge in [-0.05, 0) is 35.1 Å². The van der Waals surface area contributed by atoms with Crippen molar-refractivity contribution >= 4 is 11.8 Å². The van der Waals surface area contributed by atoms with Crippen LogP contribution in [0.3, 0.4) is 0 Å². The van der Waals surface area contributed by atoms with Gasteiger partial charge < -0.3 is 4.74 Å². The van der Waals surface area contributed by atoms with Crippen molar-refractivity contribution in [3.05, 3.63) is 77.2 Å². The van der Waals surface area contributed by atoms with Gasteiger partial charge in [0.2, 0.25) is 5.88 Å². The van der Waals surface area contributed by atoms with Crippen LogP contribution in [0.25, 0.3) is 0 Å². The smallest absolute Gasteiger partial charge is 0.223 e. The highest BCUT2D eigenvalue weighted by atomic mass is 32.2. The normalized spacial score (nSPS) is 11.5. The summed E-state index contributed by atoms with van der Waals surface area (Å²) in [6.45, 7) is 8.66. The van der Waals surface area contributed by atoms with Gasteiger partial charge in [-0.15, -0.1) is 0 Å². The second kappa shape index (κ2) is 8.74. The Morgan fingerprint density at radius 3 is 2.39 bits per heavy atom. The molecule has 3 rings (SSSR count). The molecule has 1 heterocycles. The molecule has 0 aliphatic rings. The highest BCUT2D eigenvalue weighted by Gasteiger charge is 2.13. The van der Waals surface area contributed by atoms with Crippen LogP contribution in [0.15, 0.2) is 59.8 Å². The molecule has 3 aromatic rings. The van der Waals surface area contributed by atoms with Crippen LogP contribution in [0.1, 0.15) is 44.5 Å². The van der Waals surface area contributed by atoms with E-state index in [1.165, 1.54) is 23.3 Å². The molecule has 0 spiro atoms. The van der Waals surface area contributed by atoms with E-state index in [1.807, 2.05) is 6.92 Å². The molecule has 0 aliphatic carbocycles. The largest absolute Gasteiger partial charge is 0.439 e. The van der Waals surface area contributed by atoms with E-state index in [-0.39, 0.29) is 11.2 Å². The summed E-state index contributed by atoms with van der Waals surface area (Å²) in [6, 6.07) is 16.5. The van der Waals surface area contributed by atoms with Gasteiger partial charge in [0, 0.05) is 23.6 Å². The molecule has 0 N–H and O–H groups in total. The Balaban J connectivity index is 1.73. The van der Waals surface area contributed by atoms with Gasteiger partial charge in [0.05, 0.1) is 0 Å². The molecule has 3 nitrogen and oxygen atoms in total. The number of rotatable bonds is 6. The Morgan fingerprint density at radius 2 is 1.75 bits per heavy atom. The third-order valence-electron chi connectivity index (χ3n) is 4.30. The predicted molar refractivity (Wildman–Crippen MR) is 113 cm³/mol. The molecule has 0 unspecified atom stereocenters. The van der Waals surface area contributed by atoms with Gasteiger partial charge in [0.1, 0.15) is 11.6 Å². The Labute approximate surface area is 170 Å².